The van der Waals surface area contributed by atoms with Crippen LogP contribution in [-0.4, -0.2) is 7.05 Å². The average Bonchev–Trinajstić information content (AvgIpc) is 2.44. The van der Waals surface area contributed by atoms with Gasteiger partial charge in [0, 0.05) is 12.1 Å². The Morgan fingerprint density at radius 1 is 1.10 bits per heavy atom. The number of nitrogens with one attached hydrogen (secondary N) is 1. The number of benzene rings is 2. The van der Waals surface area contributed by atoms with Crippen LogP contribution in [0.15, 0.2) is 36.4 Å². The van der Waals surface area contributed by atoms with Crippen LogP contribution in [0.4, 0.5) is 4.39 Å². The molecule has 20 heavy (non-hydrogen) atoms. The molecular formula is C15H14Cl2FNO. The Bertz CT molecular complexity index is 619. The number of hydrogen-bond donors (Lipinski definition) is 1. The molecule has 0 spiro atoms. The van der Waals surface area contributed by atoms with E-state index in [2.05, 4.69) is 5.32 Å². The molecule has 0 saturated heterocycles. The molecule has 0 aliphatic carbocycles. The Kier molecular flexibility index (Phi) is 4.86. The lowest BCUT2D eigenvalue weighted by atomic mass is 10.1. The zero-order valence-corrected chi connectivity index (χ0v) is 12.6. The van der Waals surface area contributed by atoms with Crippen molar-refractivity contribution in [2.75, 3.05) is 7.05 Å². The Hall–Kier alpha value is -1.29. The fourth-order valence-corrected chi connectivity index (χ4v) is 2.10. The van der Waals surface area contributed by atoms with Gasteiger partial charge in [0.25, 0.3) is 0 Å². The first-order valence-electron chi connectivity index (χ1n) is 6.11. The van der Waals surface area contributed by atoms with Crippen LogP contribution in [0.3, 0.4) is 0 Å². The molecule has 0 fully saturated rings. The maximum Gasteiger partial charge on any atom is 0.146 e. The second-order valence-electron chi connectivity index (χ2n) is 4.38. The van der Waals surface area contributed by atoms with E-state index in [4.69, 9.17) is 27.9 Å². The number of rotatable bonds is 4. The smallest absolute Gasteiger partial charge is 0.146 e. The van der Waals surface area contributed by atoms with Gasteiger partial charge in [0.05, 0.1) is 10.0 Å². The predicted molar refractivity (Wildman–Crippen MR) is 80.4 cm³/mol. The lowest BCUT2D eigenvalue weighted by Gasteiger charge is -2.13. The summed E-state index contributed by atoms with van der Waals surface area (Å²) < 4.78 is 18.7. The molecule has 0 heterocycles. The first kappa shape index (κ1) is 15.1. The summed E-state index contributed by atoms with van der Waals surface area (Å²) in [6.45, 7) is 2.03. The van der Waals surface area contributed by atoms with Gasteiger partial charge in [0.1, 0.15) is 17.3 Å². The molecule has 5 heteroatoms. The monoisotopic (exact) mass is 313 g/mol. The van der Waals surface area contributed by atoms with Gasteiger partial charge in [-0.2, -0.15) is 0 Å². The van der Waals surface area contributed by atoms with E-state index in [0.717, 1.165) is 5.56 Å². The van der Waals surface area contributed by atoms with E-state index in [1.807, 2.05) is 26.1 Å². The molecule has 0 amide bonds. The van der Waals surface area contributed by atoms with E-state index in [0.29, 0.717) is 16.5 Å². The molecule has 2 nitrogen and oxygen atoms in total. The van der Waals surface area contributed by atoms with Crippen molar-refractivity contribution >= 4 is 23.2 Å². The van der Waals surface area contributed by atoms with Gasteiger partial charge in [-0.1, -0.05) is 29.3 Å². The standard InChI is InChI=1S/C15H14Cl2FNO/c1-9(19-2)10-3-6-15(13(17)7-10)20-11-4-5-14(18)12(16)8-11/h3-9,19H,1-2H3. The molecule has 1 unspecified atom stereocenters. The fraction of sp³-hybridized carbons (Fsp3) is 0.200. The minimum absolute atomic E-state index is 0.0130. The maximum atomic E-state index is 13.1. The summed E-state index contributed by atoms with van der Waals surface area (Å²) in [5, 5.41) is 3.64. The predicted octanol–water partition coefficient (Wildman–Crippen LogP) is 5.21. The van der Waals surface area contributed by atoms with Crippen molar-refractivity contribution in [3.8, 4) is 11.5 Å². The summed E-state index contributed by atoms with van der Waals surface area (Å²) in [5.74, 6) is 0.456. The molecular weight excluding hydrogens is 300 g/mol. The SMILES string of the molecule is CNC(C)c1ccc(Oc2ccc(F)c(Cl)c2)c(Cl)c1. The van der Waals surface area contributed by atoms with Gasteiger partial charge in [-0.05, 0) is 43.8 Å². The highest BCUT2D eigenvalue weighted by molar-refractivity contribution is 6.32. The van der Waals surface area contributed by atoms with E-state index in [1.54, 1.807) is 6.07 Å². The van der Waals surface area contributed by atoms with Gasteiger partial charge >= 0.3 is 0 Å². The highest BCUT2D eigenvalue weighted by Gasteiger charge is 2.09. The molecule has 1 N–H and O–H groups in total. The molecule has 2 aromatic carbocycles. The Morgan fingerprint density at radius 2 is 1.85 bits per heavy atom. The zero-order valence-electron chi connectivity index (χ0n) is 11.1. The van der Waals surface area contributed by atoms with Crippen LogP contribution in [0.2, 0.25) is 10.0 Å². The van der Waals surface area contributed by atoms with Crippen LogP contribution in [0.1, 0.15) is 18.5 Å². The fourth-order valence-electron chi connectivity index (χ4n) is 1.70. The minimum Gasteiger partial charge on any atom is -0.456 e. The summed E-state index contributed by atoms with van der Waals surface area (Å²) in [4.78, 5) is 0. The molecule has 106 valence electrons. The van der Waals surface area contributed by atoms with E-state index >= 15 is 0 Å². The van der Waals surface area contributed by atoms with E-state index in [9.17, 15) is 4.39 Å². The van der Waals surface area contributed by atoms with Gasteiger partial charge in [-0.3, -0.25) is 0 Å². The lowest BCUT2D eigenvalue weighted by Crippen LogP contribution is -2.12. The summed E-state index contributed by atoms with van der Waals surface area (Å²) in [6, 6.07) is 9.91. The molecule has 1 atom stereocenters. The van der Waals surface area contributed by atoms with Gasteiger partial charge in [-0.25, -0.2) is 4.39 Å². The van der Waals surface area contributed by atoms with Gasteiger partial charge in [0.2, 0.25) is 0 Å². The molecule has 2 rings (SSSR count). The second kappa shape index (κ2) is 6.44. The van der Waals surface area contributed by atoms with Gasteiger partial charge < -0.3 is 10.1 Å². The van der Waals surface area contributed by atoms with Crippen LogP contribution < -0.4 is 10.1 Å². The third-order valence-electron chi connectivity index (χ3n) is 3.01. The van der Waals surface area contributed by atoms with Crippen molar-refractivity contribution in [2.24, 2.45) is 0 Å². The van der Waals surface area contributed by atoms with Crippen molar-refractivity contribution in [1.82, 2.24) is 5.32 Å². The van der Waals surface area contributed by atoms with Crippen molar-refractivity contribution in [1.29, 1.82) is 0 Å². The zero-order chi connectivity index (χ0) is 14.7. The quantitative estimate of drug-likeness (QED) is 0.837. The molecule has 0 aliphatic heterocycles. The highest BCUT2D eigenvalue weighted by Crippen LogP contribution is 2.33. The first-order chi connectivity index (χ1) is 9.51. The number of hydrogen-bond acceptors (Lipinski definition) is 2. The van der Waals surface area contributed by atoms with Crippen LogP contribution in [0.25, 0.3) is 0 Å². The highest BCUT2D eigenvalue weighted by atomic mass is 35.5. The van der Waals surface area contributed by atoms with Crippen molar-refractivity contribution < 1.29 is 9.13 Å². The molecule has 0 saturated carbocycles. The van der Waals surface area contributed by atoms with Crippen LogP contribution in [0, 0.1) is 5.82 Å². The van der Waals surface area contributed by atoms with Crippen LogP contribution in [-0.2, 0) is 0 Å². The minimum atomic E-state index is -0.483. The second-order valence-corrected chi connectivity index (χ2v) is 5.19. The topological polar surface area (TPSA) is 21.3 Å². The van der Waals surface area contributed by atoms with E-state index in [-0.39, 0.29) is 11.1 Å². The van der Waals surface area contributed by atoms with E-state index in [1.165, 1.54) is 18.2 Å². The molecule has 0 aliphatic rings. The van der Waals surface area contributed by atoms with Gasteiger partial charge in [-0.15, -0.1) is 0 Å². The largest absolute Gasteiger partial charge is 0.456 e. The Balaban J connectivity index is 2.23. The first-order valence-corrected chi connectivity index (χ1v) is 6.86. The lowest BCUT2D eigenvalue weighted by molar-refractivity contribution is 0.480. The van der Waals surface area contributed by atoms with Crippen LogP contribution >= 0.6 is 23.2 Å². The summed E-state index contributed by atoms with van der Waals surface area (Å²) in [6.07, 6.45) is 0. The normalized spacial score (nSPS) is 12.2. The summed E-state index contributed by atoms with van der Waals surface area (Å²) >= 11 is 11.9. The van der Waals surface area contributed by atoms with Crippen molar-refractivity contribution in [3.63, 3.8) is 0 Å². The van der Waals surface area contributed by atoms with Crippen molar-refractivity contribution in [3.05, 3.63) is 57.8 Å². The molecule has 0 radical (unpaired) electrons. The number of ether oxygens (including phenoxy) is 1. The summed E-state index contributed by atoms with van der Waals surface area (Å²) in [7, 11) is 1.88. The molecule has 0 bridgehead atoms. The Labute approximate surface area is 127 Å². The third kappa shape index (κ3) is 3.42. The summed E-state index contributed by atoms with van der Waals surface area (Å²) in [5.41, 5.74) is 1.06. The number of halogens is 3. The van der Waals surface area contributed by atoms with Gasteiger partial charge in [0.15, 0.2) is 0 Å². The molecule has 2 aromatic rings. The van der Waals surface area contributed by atoms with Crippen molar-refractivity contribution in [2.45, 2.75) is 13.0 Å². The Morgan fingerprint density at radius 3 is 2.45 bits per heavy atom. The third-order valence-corrected chi connectivity index (χ3v) is 3.59. The molecule has 0 aromatic heterocycles. The van der Waals surface area contributed by atoms with E-state index < -0.39 is 5.82 Å². The average molecular weight is 314 g/mol. The van der Waals surface area contributed by atoms with Crippen LogP contribution in [0.5, 0.6) is 11.5 Å². The maximum absolute atomic E-state index is 13.1.